The van der Waals surface area contributed by atoms with E-state index < -0.39 is 5.91 Å². The maximum absolute atomic E-state index is 12.1. The highest BCUT2D eigenvalue weighted by molar-refractivity contribution is 5.92. The fraction of sp³-hybridized carbons (Fsp3) is 0.143. The first kappa shape index (κ1) is 19.0. The standard InChI is InChI=1S/C21H20N2O5/c1-2-26-18-10-6-7-15(20(18)24)13-22-23-21(25)19-12-11-17(28-19)14-27-16-8-4-3-5-9-16/h3-13,24H,2,14H2,1H3,(H,23,25)/b22-13+. The SMILES string of the molecule is CCOc1cccc(/C=N/NC(=O)c2ccc(COc3ccccc3)o2)c1O. The van der Waals surface area contributed by atoms with Crippen molar-refractivity contribution in [2.75, 3.05) is 6.61 Å². The van der Waals surface area contributed by atoms with E-state index in [4.69, 9.17) is 13.9 Å². The molecule has 144 valence electrons. The number of nitrogens with zero attached hydrogens (tertiary/aromatic N) is 1. The van der Waals surface area contributed by atoms with E-state index >= 15 is 0 Å². The van der Waals surface area contributed by atoms with Crippen molar-refractivity contribution in [1.29, 1.82) is 0 Å². The lowest BCUT2D eigenvalue weighted by Crippen LogP contribution is -2.16. The third-order valence-corrected chi connectivity index (χ3v) is 3.71. The van der Waals surface area contributed by atoms with Crippen molar-refractivity contribution in [1.82, 2.24) is 5.43 Å². The highest BCUT2D eigenvalue weighted by Gasteiger charge is 2.11. The minimum Gasteiger partial charge on any atom is -0.504 e. The van der Waals surface area contributed by atoms with Gasteiger partial charge in [-0.25, -0.2) is 5.43 Å². The molecule has 0 fully saturated rings. The molecule has 0 aliphatic carbocycles. The average Bonchev–Trinajstić information content (AvgIpc) is 3.19. The van der Waals surface area contributed by atoms with Gasteiger partial charge in [-0.05, 0) is 43.3 Å². The van der Waals surface area contributed by atoms with E-state index in [1.54, 1.807) is 30.3 Å². The van der Waals surface area contributed by atoms with Crippen LogP contribution in [0.4, 0.5) is 0 Å². The van der Waals surface area contributed by atoms with Gasteiger partial charge >= 0.3 is 5.91 Å². The van der Waals surface area contributed by atoms with Gasteiger partial charge in [0.1, 0.15) is 18.1 Å². The van der Waals surface area contributed by atoms with Gasteiger partial charge in [-0.1, -0.05) is 24.3 Å². The van der Waals surface area contributed by atoms with E-state index in [1.807, 2.05) is 37.3 Å². The third kappa shape index (κ3) is 4.91. The van der Waals surface area contributed by atoms with Crippen LogP contribution in [0.15, 0.2) is 70.2 Å². The Morgan fingerprint density at radius 2 is 1.93 bits per heavy atom. The lowest BCUT2D eigenvalue weighted by molar-refractivity contribution is 0.0923. The zero-order chi connectivity index (χ0) is 19.8. The molecule has 0 bridgehead atoms. The topological polar surface area (TPSA) is 93.3 Å². The molecule has 7 nitrogen and oxygen atoms in total. The molecule has 3 aromatic rings. The number of phenolic OH excluding ortho intramolecular Hbond substituents is 1. The zero-order valence-corrected chi connectivity index (χ0v) is 15.3. The summed E-state index contributed by atoms with van der Waals surface area (Å²) in [5.41, 5.74) is 2.78. The van der Waals surface area contributed by atoms with Crippen LogP contribution >= 0.6 is 0 Å². The number of hydrogen-bond acceptors (Lipinski definition) is 6. The molecule has 0 saturated carbocycles. The van der Waals surface area contributed by atoms with Crippen molar-refractivity contribution in [2.45, 2.75) is 13.5 Å². The number of carbonyl (C=O) groups is 1. The molecule has 2 aromatic carbocycles. The molecule has 28 heavy (non-hydrogen) atoms. The van der Waals surface area contributed by atoms with Gasteiger partial charge in [0.25, 0.3) is 0 Å². The molecular formula is C21H20N2O5. The van der Waals surface area contributed by atoms with Gasteiger partial charge in [0, 0.05) is 5.56 Å². The monoisotopic (exact) mass is 380 g/mol. The Morgan fingerprint density at radius 3 is 2.71 bits per heavy atom. The Hall–Kier alpha value is -3.74. The summed E-state index contributed by atoms with van der Waals surface area (Å²) in [4.78, 5) is 12.1. The second kappa shape index (κ2) is 9.27. The van der Waals surface area contributed by atoms with Crippen LogP contribution in [-0.4, -0.2) is 23.8 Å². The van der Waals surface area contributed by atoms with E-state index in [2.05, 4.69) is 10.5 Å². The maximum atomic E-state index is 12.1. The number of rotatable bonds is 8. The largest absolute Gasteiger partial charge is 0.504 e. The minimum atomic E-state index is -0.511. The van der Waals surface area contributed by atoms with Gasteiger partial charge in [0.05, 0.1) is 12.8 Å². The zero-order valence-electron chi connectivity index (χ0n) is 15.3. The van der Waals surface area contributed by atoms with E-state index in [9.17, 15) is 9.90 Å². The van der Waals surface area contributed by atoms with E-state index in [0.717, 1.165) is 0 Å². The highest BCUT2D eigenvalue weighted by atomic mass is 16.5. The summed E-state index contributed by atoms with van der Waals surface area (Å²) in [6.45, 7) is 2.46. The van der Waals surface area contributed by atoms with E-state index in [-0.39, 0.29) is 18.1 Å². The molecule has 0 radical (unpaired) electrons. The highest BCUT2D eigenvalue weighted by Crippen LogP contribution is 2.28. The Kier molecular flexibility index (Phi) is 6.30. The number of carbonyl (C=O) groups excluding carboxylic acids is 1. The number of furan rings is 1. The maximum Gasteiger partial charge on any atom is 0.307 e. The van der Waals surface area contributed by atoms with Crippen molar-refractivity contribution in [3.8, 4) is 17.2 Å². The van der Waals surface area contributed by atoms with Gasteiger partial charge in [-0.3, -0.25) is 4.79 Å². The smallest absolute Gasteiger partial charge is 0.307 e. The molecule has 0 atom stereocenters. The van der Waals surface area contributed by atoms with Crippen LogP contribution in [0.5, 0.6) is 17.2 Å². The van der Waals surface area contributed by atoms with Gasteiger partial charge in [0.15, 0.2) is 17.3 Å². The second-order valence-electron chi connectivity index (χ2n) is 5.69. The number of amides is 1. The molecule has 0 aliphatic rings. The minimum absolute atomic E-state index is 0.0410. The van der Waals surface area contributed by atoms with Crippen LogP contribution in [0.3, 0.4) is 0 Å². The molecule has 0 spiro atoms. The van der Waals surface area contributed by atoms with Gasteiger partial charge in [0.2, 0.25) is 0 Å². The van der Waals surface area contributed by atoms with Crippen LogP contribution in [0.1, 0.15) is 28.8 Å². The first-order chi connectivity index (χ1) is 13.7. The van der Waals surface area contributed by atoms with E-state index in [1.165, 1.54) is 6.21 Å². The average molecular weight is 380 g/mol. The number of nitrogens with one attached hydrogen (secondary N) is 1. The predicted octanol–water partition coefficient (Wildman–Crippen LogP) is 3.73. The number of ether oxygens (including phenoxy) is 2. The summed E-state index contributed by atoms with van der Waals surface area (Å²) in [7, 11) is 0. The molecular weight excluding hydrogens is 360 g/mol. The Labute approximate surface area is 162 Å². The first-order valence-corrected chi connectivity index (χ1v) is 8.72. The van der Waals surface area contributed by atoms with Crippen molar-refractivity contribution < 1.29 is 23.8 Å². The normalized spacial score (nSPS) is 10.8. The molecule has 0 aliphatic heterocycles. The Balaban J connectivity index is 1.56. The molecule has 0 unspecified atom stereocenters. The van der Waals surface area contributed by atoms with Gasteiger partial charge in [-0.15, -0.1) is 0 Å². The summed E-state index contributed by atoms with van der Waals surface area (Å²) in [5.74, 6) is 1.13. The lowest BCUT2D eigenvalue weighted by Gasteiger charge is -2.07. The second-order valence-corrected chi connectivity index (χ2v) is 5.69. The summed E-state index contributed by atoms with van der Waals surface area (Å²) < 4.78 is 16.3. The molecule has 3 rings (SSSR count). The molecule has 2 N–H and O–H groups in total. The van der Waals surface area contributed by atoms with Crippen LogP contribution < -0.4 is 14.9 Å². The molecule has 1 aromatic heterocycles. The van der Waals surface area contributed by atoms with Crippen molar-refractivity contribution in [3.05, 3.63) is 77.7 Å². The number of hydrazone groups is 1. The molecule has 1 heterocycles. The van der Waals surface area contributed by atoms with Crippen LogP contribution in [0, 0.1) is 0 Å². The molecule has 7 heteroatoms. The van der Waals surface area contributed by atoms with Gasteiger partial charge < -0.3 is 19.0 Å². The van der Waals surface area contributed by atoms with Crippen molar-refractivity contribution >= 4 is 12.1 Å². The van der Waals surface area contributed by atoms with Crippen molar-refractivity contribution in [2.24, 2.45) is 5.10 Å². The number of phenols is 1. The summed E-state index contributed by atoms with van der Waals surface area (Å²) >= 11 is 0. The van der Waals surface area contributed by atoms with E-state index in [0.29, 0.717) is 29.4 Å². The number of benzene rings is 2. The Morgan fingerprint density at radius 1 is 1.11 bits per heavy atom. The van der Waals surface area contributed by atoms with Crippen LogP contribution in [-0.2, 0) is 6.61 Å². The predicted molar refractivity (Wildman–Crippen MR) is 104 cm³/mol. The number of aromatic hydroxyl groups is 1. The fourth-order valence-corrected chi connectivity index (χ4v) is 2.38. The van der Waals surface area contributed by atoms with Crippen LogP contribution in [0.2, 0.25) is 0 Å². The fourth-order valence-electron chi connectivity index (χ4n) is 2.38. The molecule has 1 amide bonds. The third-order valence-electron chi connectivity index (χ3n) is 3.71. The quantitative estimate of drug-likeness (QED) is 0.459. The Bertz CT molecular complexity index is 950. The summed E-state index contributed by atoms with van der Waals surface area (Å²) in [5, 5.41) is 13.9. The van der Waals surface area contributed by atoms with Crippen LogP contribution in [0.25, 0.3) is 0 Å². The lowest BCUT2D eigenvalue weighted by atomic mass is 10.2. The number of hydrogen-bond donors (Lipinski definition) is 2. The summed E-state index contributed by atoms with van der Waals surface area (Å²) in [6, 6.07) is 17.5. The van der Waals surface area contributed by atoms with Gasteiger partial charge in [-0.2, -0.15) is 5.10 Å². The van der Waals surface area contributed by atoms with Crippen molar-refractivity contribution in [3.63, 3.8) is 0 Å². The number of para-hydroxylation sites is 2. The molecule has 0 saturated heterocycles. The first-order valence-electron chi connectivity index (χ1n) is 8.72. The summed E-state index contributed by atoms with van der Waals surface area (Å²) in [6.07, 6.45) is 1.33.